The zero-order valence-corrected chi connectivity index (χ0v) is 22.6. The van der Waals surface area contributed by atoms with Crippen LogP contribution < -0.4 is 10.1 Å². The Morgan fingerprint density at radius 2 is 1.88 bits per heavy atom. The number of nitro benzene ring substituents is 1. The van der Waals surface area contributed by atoms with Gasteiger partial charge in [0.25, 0.3) is 27.5 Å². The predicted molar refractivity (Wildman–Crippen MR) is 142 cm³/mol. The number of benzene rings is 2. The molecule has 4 rings (SSSR count). The van der Waals surface area contributed by atoms with Crippen LogP contribution >= 0.6 is 11.3 Å². The van der Waals surface area contributed by atoms with Crippen LogP contribution in [0.1, 0.15) is 28.4 Å². The summed E-state index contributed by atoms with van der Waals surface area (Å²) in [4.78, 5) is 50.6. The second-order valence-electron chi connectivity index (χ2n) is 8.66. The molecule has 2 aromatic carbocycles. The maximum atomic E-state index is 13.7. The van der Waals surface area contributed by atoms with Gasteiger partial charge in [-0.1, -0.05) is 18.2 Å². The smallest absolute Gasteiger partial charge is 0.305 e. The van der Waals surface area contributed by atoms with Crippen molar-refractivity contribution in [2.75, 3.05) is 20.2 Å². The number of carbonyl (C=O) groups excluding carboxylic acids is 2. The highest BCUT2D eigenvalue weighted by Crippen LogP contribution is 2.30. The van der Waals surface area contributed by atoms with Crippen LogP contribution in [0.5, 0.6) is 5.75 Å². The van der Waals surface area contributed by atoms with Crippen molar-refractivity contribution in [2.45, 2.75) is 22.8 Å². The number of nitrogens with one attached hydrogen (secondary N) is 1. The molecule has 1 aliphatic rings. The highest BCUT2D eigenvalue weighted by Gasteiger charge is 2.47. The average Bonchev–Trinajstić information content (AvgIpc) is 3.64. The molecule has 2 amide bonds. The van der Waals surface area contributed by atoms with Crippen molar-refractivity contribution >= 4 is 44.8 Å². The van der Waals surface area contributed by atoms with Gasteiger partial charge in [-0.2, -0.15) is 4.31 Å². The van der Waals surface area contributed by atoms with Crippen molar-refractivity contribution in [1.29, 1.82) is 0 Å². The minimum absolute atomic E-state index is 0.0372. The summed E-state index contributed by atoms with van der Waals surface area (Å²) in [7, 11) is -2.76. The molecule has 0 spiro atoms. The van der Waals surface area contributed by atoms with E-state index in [2.05, 4.69) is 5.32 Å². The molecule has 3 aromatic rings. The molecular weight excluding hydrogens is 564 g/mol. The van der Waals surface area contributed by atoms with Gasteiger partial charge < -0.3 is 20.1 Å². The van der Waals surface area contributed by atoms with Gasteiger partial charge >= 0.3 is 5.97 Å². The number of methoxy groups -OCH3 is 1. The minimum Gasteiger partial charge on any atom is -0.497 e. The van der Waals surface area contributed by atoms with E-state index in [0.29, 0.717) is 5.75 Å². The highest BCUT2D eigenvalue weighted by molar-refractivity contribution is 7.91. The number of rotatable bonds is 10. The van der Waals surface area contributed by atoms with Crippen molar-refractivity contribution in [3.8, 4) is 5.75 Å². The molecule has 2 unspecified atom stereocenters. The number of ether oxygens (including phenoxy) is 1. The summed E-state index contributed by atoms with van der Waals surface area (Å²) >= 11 is 0.944. The molecule has 2 atom stereocenters. The van der Waals surface area contributed by atoms with Crippen molar-refractivity contribution in [3.05, 3.63) is 87.3 Å². The number of hydrogen-bond donors (Lipinski definition) is 2. The molecule has 0 bridgehead atoms. The van der Waals surface area contributed by atoms with Crippen LogP contribution in [0, 0.1) is 10.1 Å². The number of carboxylic acid groups (broad SMARTS) is 1. The Morgan fingerprint density at radius 3 is 2.48 bits per heavy atom. The summed E-state index contributed by atoms with van der Waals surface area (Å²) in [5, 5.41) is 24.8. The summed E-state index contributed by atoms with van der Waals surface area (Å²) in [5.41, 5.74) is -0.0143. The van der Waals surface area contributed by atoms with Crippen molar-refractivity contribution in [1.82, 2.24) is 14.5 Å². The number of nitrogens with zero attached hydrogens (tertiary/aromatic N) is 3. The second kappa shape index (κ2) is 11.8. The first kappa shape index (κ1) is 28.7. The number of carbonyl (C=O) groups is 3. The Bertz CT molecular complexity index is 1530. The molecule has 1 fully saturated rings. The first-order valence-electron chi connectivity index (χ1n) is 11.8. The topological polar surface area (TPSA) is 176 Å². The number of hydrogen-bond acceptors (Lipinski definition) is 9. The van der Waals surface area contributed by atoms with Crippen molar-refractivity contribution < 1.29 is 37.6 Å². The zero-order chi connectivity index (χ0) is 29.0. The van der Waals surface area contributed by atoms with Gasteiger partial charge in [-0.15, -0.1) is 11.3 Å². The van der Waals surface area contributed by atoms with E-state index in [0.717, 1.165) is 26.6 Å². The number of carboxylic acids is 1. The Morgan fingerprint density at radius 1 is 1.15 bits per heavy atom. The van der Waals surface area contributed by atoms with Crippen LogP contribution in [0.15, 0.2) is 70.3 Å². The number of sulfonamides is 1. The lowest BCUT2D eigenvalue weighted by Gasteiger charge is -2.30. The molecule has 15 heteroatoms. The third-order valence-electron chi connectivity index (χ3n) is 6.20. The van der Waals surface area contributed by atoms with Gasteiger partial charge in [-0.25, -0.2) is 8.42 Å². The van der Waals surface area contributed by atoms with Gasteiger partial charge in [0.1, 0.15) is 9.96 Å². The number of thiophene rings is 1. The first-order valence-corrected chi connectivity index (χ1v) is 14.1. The monoisotopic (exact) mass is 588 g/mol. The van der Waals surface area contributed by atoms with Gasteiger partial charge in [0.2, 0.25) is 0 Å². The lowest BCUT2D eigenvalue weighted by molar-refractivity contribution is -0.384. The standard InChI is InChI=1S/C25H24N4O9S2/c1-38-19-9-7-16(8-10-19)25(33)27-11-12-28(40(36,37)22-6-3-13-39-22)24(27)23(32)26-20(15-21(30)31)17-4-2-5-18(14-17)29(34)35/h2-10,13-14,20,24H,11-12,15H2,1H3,(H,26,32)(H,30,31). The molecule has 13 nitrogen and oxygen atoms in total. The number of non-ortho nitro benzene ring substituents is 1. The van der Waals surface area contributed by atoms with E-state index in [1.165, 1.54) is 49.6 Å². The van der Waals surface area contributed by atoms with Crippen LogP contribution in [0.4, 0.5) is 5.69 Å². The van der Waals surface area contributed by atoms with E-state index < -0.39 is 51.4 Å². The van der Waals surface area contributed by atoms with E-state index in [9.17, 15) is 38.0 Å². The molecule has 1 saturated heterocycles. The third kappa shape index (κ3) is 5.95. The zero-order valence-electron chi connectivity index (χ0n) is 21.0. The second-order valence-corrected chi connectivity index (χ2v) is 11.7. The van der Waals surface area contributed by atoms with E-state index in [4.69, 9.17) is 4.74 Å². The minimum atomic E-state index is -4.22. The first-order chi connectivity index (χ1) is 19.0. The van der Waals surface area contributed by atoms with E-state index in [1.54, 1.807) is 17.5 Å². The highest BCUT2D eigenvalue weighted by atomic mass is 32.2. The van der Waals surface area contributed by atoms with Crippen LogP contribution in [-0.2, 0) is 19.6 Å². The normalized spacial score (nSPS) is 16.3. The van der Waals surface area contributed by atoms with Crippen LogP contribution in [-0.4, -0.2) is 71.8 Å². The number of amides is 2. The molecule has 0 aliphatic carbocycles. The predicted octanol–water partition coefficient (Wildman–Crippen LogP) is 2.47. The lowest BCUT2D eigenvalue weighted by atomic mass is 10.0. The van der Waals surface area contributed by atoms with Gasteiger partial charge in [0.15, 0.2) is 6.17 Å². The fourth-order valence-corrected chi connectivity index (χ4v) is 6.96. The Hall–Kier alpha value is -4.34. The number of nitro groups is 1. The van der Waals surface area contributed by atoms with Gasteiger partial charge in [0, 0.05) is 30.8 Å². The Labute approximate surface area is 232 Å². The molecule has 0 saturated carbocycles. The molecule has 1 aromatic heterocycles. The molecule has 2 heterocycles. The quantitative estimate of drug-likeness (QED) is 0.266. The van der Waals surface area contributed by atoms with E-state index in [1.807, 2.05) is 0 Å². The molecule has 2 N–H and O–H groups in total. The molecule has 40 heavy (non-hydrogen) atoms. The average molecular weight is 589 g/mol. The SMILES string of the molecule is COc1ccc(C(=O)N2CCN(S(=O)(=O)c3cccs3)C2C(=O)NC(CC(=O)O)c2cccc([N+](=O)[O-])c2)cc1. The van der Waals surface area contributed by atoms with E-state index >= 15 is 0 Å². The lowest BCUT2D eigenvalue weighted by Crippen LogP contribution is -2.54. The summed E-state index contributed by atoms with van der Waals surface area (Å²) in [6.07, 6.45) is -2.30. The fourth-order valence-electron chi connectivity index (χ4n) is 4.30. The Kier molecular flexibility index (Phi) is 8.46. The summed E-state index contributed by atoms with van der Waals surface area (Å²) in [6.45, 7) is -0.311. The maximum absolute atomic E-state index is 13.7. The molecular formula is C25H24N4O9S2. The molecule has 210 valence electrons. The Balaban J connectivity index is 1.72. The van der Waals surface area contributed by atoms with Gasteiger partial charge in [0.05, 0.1) is 24.5 Å². The van der Waals surface area contributed by atoms with E-state index in [-0.39, 0.29) is 34.1 Å². The third-order valence-corrected chi connectivity index (χ3v) is 9.42. The largest absolute Gasteiger partial charge is 0.497 e. The maximum Gasteiger partial charge on any atom is 0.305 e. The summed E-state index contributed by atoms with van der Waals surface area (Å²) < 4.78 is 32.9. The van der Waals surface area contributed by atoms with Crippen molar-refractivity contribution in [2.24, 2.45) is 0 Å². The number of aliphatic carboxylic acids is 1. The van der Waals surface area contributed by atoms with Crippen molar-refractivity contribution in [3.63, 3.8) is 0 Å². The summed E-state index contributed by atoms with van der Waals surface area (Å²) in [6, 6.07) is 12.8. The summed E-state index contributed by atoms with van der Waals surface area (Å²) in [5.74, 6) is -2.41. The fraction of sp³-hybridized carbons (Fsp3) is 0.240. The van der Waals surface area contributed by atoms with Crippen LogP contribution in [0.25, 0.3) is 0 Å². The van der Waals surface area contributed by atoms with Gasteiger partial charge in [-0.05, 0) is 41.3 Å². The molecule has 0 radical (unpaired) electrons. The van der Waals surface area contributed by atoms with Crippen LogP contribution in [0.3, 0.4) is 0 Å². The molecule has 1 aliphatic heterocycles. The van der Waals surface area contributed by atoms with Gasteiger partial charge in [-0.3, -0.25) is 24.5 Å². The van der Waals surface area contributed by atoms with Crippen LogP contribution in [0.2, 0.25) is 0 Å².